The molecule has 0 radical (unpaired) electrons. The Balaban J connectivity index is 1.23. The molecule has 18 nitrogen and oxygen atoms in total. The van der Waals surface area contributed by atoms with Crippen LogP contribution in [0.1, 0.15) is 234 Å². The van der Waals surface area contributed by atoms with E-state index < -0.39 is 29.9 Å². The molecule has 1 saturated heterocycles. The fraction of sp³-hybridized carbons (Fsp3) is 0.577. The average molecular weight is 1220 g/mol. The Hall–Kier alpha value is -7.18. The molecule has 0 N–H and O–H groups in total. The predicted octanol–water partition coefficient (Wildman–Crippen LogP) is 14.0. The Morgan fingerprint density at radius 1 is 0.494 bits per heavy atom. The number of ether oxygens (including phenoxy) is 6. The van der Waals surface area contributed by atoms with Gasteiger partial charge in [0.1, 0.15) is 23.0 Å². The largest absolute Gasteiger partial charge is 0.497 e. The monoisotopic (exact) mass is 1220 g/mol. The van der Waals surface area contributed by atoms with Gasteiger partial charge in [-0.3, -0.25) is 9.59 Å². The molecule has 2 amide bonds. The van der Waals surface area contributed by atoms with E-state index in [-0.39, 0.29) is 60.6 Å². The van der Waals surface area contributed by atoms with Crippen LogP contribution in [-0.2, 0) is 58.1 Å². The molecule has 5 aliphatic heterocycles. The van der Waals surface area contributed by atoms with Gasteiger partial charge in [-0.1, -0.05) is 125 Å². The van der Waals surface area contributed by atoms with Crippen LogP contribution in [0.2, 0.25) is 0 Å². The van der Waals surface area contributed by atoms with Crippen LogP contribution in [0.15, 0.2) is 86.2 Å². The third kappa shape index (κ3) is 18.9. The van der Waals surface area contributed by atoms with E-state index in [0.717, 1.165) is 165 Å². The summed E-state index contributed by atoms with van der Waals surface area (Å²) in [5, 5.41) is 18.2. The number of aryl methyl sites for hydroxylation is 2. The lowest BCUT2D eigenvalue weighted by atomic mass is 9.97. The van der Waals surface area contributed by atoms with E-state index in [1.807, 2.05) is 36.7 Å². The number of benzene rings is 3. The second-order valence-corrected chi connectivity index (χ2v) is 24.9. The number of esters is 2. The molecule has 89 heavy (non-hydrogen) atoms. The Kier molecular flexibility index (Phi) is 25.4. The van der Waals surface area contributed by atoms with Gasteiger partial charge in [0.05, 0.1) is 49.8 Å². The molecule has 3 aromatic carbocycles. The van der Waals surface area contributed by atoms with Gasteiger partial charge in [-0.15, -0.1) is 23.4 Å². The lowest BCUT2D eigenvalue weighted by Crippen LogP contribution is -2.50. The van der Waals surface area contributed by atoms with E-state index in [1.54, 1.807) is 69.8 Å². The van der Waals surface area contributed by atoms with E-state index in [1.165, 1.54) is 0 Å². The van der Waals surface area contributed by atoms with Gasteiger partial charge in [0, 0.05) is 74.7 Å². The first-order chi connectivity index (χ1) is 43.5. The lowest BCUT2D eigenvalue weighted by Gasteiger charge is -2.30. The summed E-state index contributed by atoms with van der Waals surface area (Å²) in [4.78, 5) is 66.9. The van der Waals surface area contributed by atoms with Gasteiger partial charge in [0.15, 0.2) is 18.0 Å². The topological polar surface area (TPSA) is 192 Å². The molecule has 5 aliphatic rings. The van der Waals surface area contributed by atoms with Crippen LogP contribution in [-0.4, -0.2) is 109 Å². The maximum Gasteiger partial charge on any atom is 0.343 e. The first kappa shape index (κ1) is 66.2. The molecule has 5 aromatic rings. The summed E-state index contributed by atoms with van der Waals surface area (Å²) in [5.74, 6) is -2.22. The fourth-order valence-corrected chi connectivity index (χ4v) is 12.9. The van der Waals surface area contributed by atoms with Crippen LogP contribution in [0.4, 0.5) is 0 Å². The van der Waals surface area contributed by atoms with Gasteiger partial charge >= 0.3 is 11.9 Å². The second kappa shape index (κ2) is 34.1. The number of amides is 2. The van der Waals surface area contributed by atoms with Gasteiger partial charge in [-0.05, 0) is 125 Å². The Morgan fingerprint density at radius 2 is 0.888 bits per heavy atom. The molecule has 2 aromatic heterocycles. The van der Waals surface area contributed by atoms with Crippen molar-refractivity contribution in [2.75, 3.05) is 27.3 Å². The summed E-state index contributed by atoms with van der Waals surface area (Å²) in [6.45, 7) is 8.62. The number of fused-ring (bicyclic) bond motifs is 4. The van der Waals surface area contributed by atoms with Crippen LogP contribution in [0.25, 0.3) is 0 Å². The number of carbonyl (C=O) groups is 4. The van der Waals surface area contributed by atoms with Crippen molar-refractivity contribution in [1.82, 2.24) is 39.8 Å². The zero-order valence-electron chi connectivity index (χ0n) is 53.1. The second-order valence-electron chi connectivity index (χ2n) is 24.9. The Morgan fingerprint density at radius 3 is 1.30 bits per heavy atom. The van der Waals surface area contributed by atoms with E-state index in [0.29, 0.717) is 85.4 Å². The SMILES string of the molecule is C=CCCCCCCCCCN1Cc2ccc(OC)cc2OC(=O)c2cc3c4cc2Cn2cc(nn2)CCCCCCCC2(CCCCCCCc5cn(nn5)C3)O[C@@H](C1=O)[C@@H](O2)C(=O)N(CCCCCCCCCC=C)Cc1ccc(OC)cc1OC4=O. The van der Waals surface area contributed by atoms with Crippen molar-refractivity contribution >= 4 is 23.8 Å². The minimum atomic E-state index is -1.32. The highest BCUT2D eigenvalue weighted by Gasteiger charge is 2.54. The van der Waals surface area contributed by atoms with Crippen molar-refractivity contribution < 1.29 is 47.6 Å². The van der Waals surface area contributed by atoms with Gasteiger partial charge in [0.2, 0.25) is 0 Å². The number of nitrogens with zero attached hydrogens (tertiary/aromatic N) is 8. The highest BCUT2D eigenvalue weighted by molar-refractivity contribution is 5.98. The minimum absolute atomic E-state index is 0.0204. The van der Waals surface area contributed by atoms with E-state index in [2.05, 4.69) is 33.8 Å². The molecule has 11 bridgehead atoms. The molecule has 10 rings (SSSR count). The van der Waals surface area contributed by atoms with Crippen molar-refractivity contribution in [3.8, 4) is 23.0 Å². The van der Waals surface area contributed by atoms with Gasteiger partial charge in [-0.25, -0.2) is 19.0 Å². The Labute approximate surface area is 527 Å². The number of unbranched alkanes of at least 4 members (excludes halogenated alkanes) is 14. The molecule has 1 spiro atoms. The van der Waals surface area contributed by atoms with Gasteiger partial charge in [-0.2, -0.15) is 0 Å². The van der Waals surface area contributed by atoms with Crippen LogP contribution in [0, 0.1) is 0 Å². The highest BCUT2D eigenvalue weighted by atomic mass is 16.8. The number of rotatable bonds is 22. The van der Waals surface area contributed by atoms with Crippen LogP contribution in [0.5, 0.6) is 23.0 Å². The fourth-order valence-electron chi connectivity index (χ4n) is 12.9. The number of hydrogen-bond donors (Lipinski definition) is 0. The normalized spacial score (nSPS) is 19.8. The molecular formula is C71H96N8O10. The summed E-state index contributed by atoms with van der Waals surface area (Å²) in [6.07, 6.45) is 32.4. The first-order valence-electron chi connectivity index (χ1n) is 33.4. The molecule has 7 heterocycles. The minimum Gasteiger partial charge on any atom is -0.497 e. The van der Waals surface area contributed by atoms with Crippen molar-refractivity contribution in [3.63, 3.8) is 0 Å². The standard InChI is InChI=1S/C71H96N8O10/c1-5-7-9-11-13-15-17-25-31-41-76-47-53-35-37-59(84-3)45-63(53)86-69(82)61-43-56-50-79-52-58(73-75-79)34-28-22-20-24-30-40-71-39-29-23-19-21-27-33-57-51-78(74-72-57)49-55(61)44-62(56)70(83)87-64-46-60(85-4)38-36-54(64)48-77(42-32-26-18-16-14-12-10-8-6-2)68(81)66(89-71)65(88-71)67(76)80/h5-6,35-38,43-46,51-52,65-66H,1-2,7-34,39-42,47-50H2,3-4H3/t65-,66-,71?/m1/s1. The summed E-state index contributed by atoms with van der Waals surface area (Å²) >= 11 is 0. The summed E-state index contributed by atoms with van der Waals surface area (Å²) < 4.78 is 42.8. The maximum atomic E-state index is 16.2. The smallest absolute Gasteiger partial charge is 0.343 e. The predicted molar refractivity (Wildman–Crippen MR) is 341 cm³/mol. The van der Waals surface area contributed by atoms with E-state index in [4.69, 9.17) is 28.4 Å². The van der Waals surface area contributed by atoms with Crippen molar-refractivity contribution in [1.29, 1.82) is 0 Å². The number of allylic oxidation sites excluding steroid dienone is 2. The third-order valence-electron chi connectivity index (χ3n) is 18.0. The molecule has 0 unspecified atom stereocenters. The van der Waals surface area contributed by atoms with Gasteiger partial charge < -0.3 is 38.2 Å². The van der Waals surface area contributed by atoms with Crippen molar-refractivity contribution in [2.24, 2.45) is 0 Å². The summed E-state index contributed by atoms with van der Waals surface area (Å²) in [6, 6.07) is 13.9. The molecule has 1 fully saturated rings. The van der Waals surface area contributed by atoms with Crippen molar-refractivity contribution in [2.45, 2.75) is 237 Å². The zero-order valence-corrected chi connectivity index (χ0v) is 53.1. The van der Waals surface area contributed by atoms with E-state index in [9.17, 15) is 0 Å². The van der Waals surface area contributed by atoms with Crippen LogP contribution < -0.4 is 18.9 Å². The zero-order chi connectivity index (χ0) is 62.2. The van der Waals surface area contributed by atoms with Gasteiger partial charge in [0.25, 0.3) is 11.8 Å². The van der Waals surface area contributed by atoms with Crippen LogP contribution >= 0.6 is 0 Å². The average Bonchev–Trinajstić information content (AvgIpc) is 2.01. The number of carbonyl (C=O) groups excluding carboxylic acids is 4. The molecular weight excluding hydrogens is 1120 g/mol. The molecule has 0 aliphatic carbocycles. The van der Waals surface area contributed by atoms with Crippen LogP contribution in [0.3, 0.4) is 0 Å². The molecule has 2 atom stereocenters. The summed E-state index contributed by atoms with van der Waals surface area (Å²) in [5.41, 5.74) is 3.86. The lowest BCUT2D eigenvalue weighted by molar-refractivity contribution is -0.193. The maximum absolute atomic E-state index is 16.2. The first-order valence-corrected chi connectivity index (χ1v) is 33.4. The number of hydrogen-bond acceptors (Lipinski definition) is 14. The molecule has 0 saturated carbocycles. The number of aromatic nitrogens is 6. The molecule has 480 valence electrons. The van der Waals surface area contributed by atoms with E-state index >= 15 is 19.2 Å². The highest BCUT2D eigenvalue weighted by Crippen LogP contribution is 2.41. The number of methoxy groups -OCH3 is 2. The van der Waals surface area contributed by atoms with Crippen molar-refractivity contribution in [3.05, 3.63) is 131 Å². The molecule has 18 heteroatoms. The Bertz CT molecular complexity index is 2930. The summed E-state index contributed by atoms with van der Waals surface area (Å²) in [7, 11) is 3.09. The quantitative estimate of drug-likeness (QED) is 0.0275. The third-order valence-corrected chi connectivity index (χ3v) is 18.0.